The average Bonchev–Trinajstić information content (AvgIpc) is 3.38. The van der Waals surface area contributed by atoms with Crippen molar-refractivity contribution in [3.8, 4) is 0 Å². The summed E-state index contributed by atoms with van der Waals surface area (Å²) in [5.41, 5.74) is 1.41. The molecule has 180 valence electrons. The van der Waals surface area contributed by atoms with Crippen LogP contribution < -0.4 is 9.80 Å². The van der Waals surface area contributed by atoms with Crippen LogP contribution in [0.1, 0.15) is 51.9 Å². The van der Waals surface area contributed by atoms with Crippen LogP contribution in [0.4, 0.5) is 11.4 Å². The van der Waals surface area contributed by atoms with Crippen molar-refractivity contribution in [3.05, 3.63) is 18.2 Å². The Morgan fingerprint density at radius 3 is 2.36 bits per heavy atom. The molecule has 1 unspecified atom stereocenters. The maximum Gasteiger partial charge on any atom is 0.250 e. The van der Waals surface area contributed by atoms with E-state index in [9.17, 15) is 18.0 Å². The topological polar surface area (TPSA) is 81.2 Å². The van der Waals surface area contributed by atoms with Gasteiger partial charge >= 0.3 is 0 Å². The molecule has 0 radical (unpaired) electrons. The van der Waals surface area contributed by atoms with Crippen LogP contribution in [0.5, 0.6) is 0 Å². The average molecular weight is 475 g/mol. The fourth-order valence-electron chi connectivity index (χ4n) is 5.63. The summed E-state index contributed by atoms with van der Waals surface area (Å²) in [6.07, 6.45) is 6.44. The first-order valence-corrected chi connectivity index (χ1v) is 13.8. The Kier molecular flexibility index (Phi) is 6.11. The van der Waals surface area contributed by atoms with Crippen molar-refractivity contribution in [2.75, 3.05) is 49.1 Å². The number of anilines is 2. The summed E-state index contributed by atoms with van der Waals surface area (Å²) in [6.45, 7) is 5.43. The van der Waals surface area contributed by atoms with Gasteiger partial charge in [0.1, 0.15) is 12.6 Å². The van der Waals surface area contributed by atoms with Crippen molar-refractivity contribution in [3.63, 3.8) is 0 Å². The van der Waals surface area contributed by atoms with Crippen LogP contribution in [0.2, 0.25) is 0 Å². The van der Waals surface area contributed by atoms with Crippen LogP contribution in [0.15, 0.2) is 23.1 Å². The smallest absolute Gasteiger partial charge is 0.250 e. The molecule has 3 fully saturated rings. The molecule has 0 N–H and O–H groups in total. The first-order valence-electron chi connectivity index (χ1n) is 12.4. The summed E-state index contributed by atoms with van der Waals surface area (Å²) in [5.74, 6) is 0.468. The highest BCUT2D eigenvalue weighted by molar-refractivity contribution is 7.89. The number of hydrogen-bond donors (Lipinski definition) is 0. The number of rotatable bonds is 4. The standard InChI is InChI=1S/C24H34N4O4S/c1-18-9-14-25(15-10-18)23(29)17-28-22-16-19(33(31,32)26-11-4-5-12-26)7-8-20(22)27-13-3-2-6-21(27)24(28)30/h7-8,16,18,21H,2-6,9-15,17H2,1H3. The van der Waals surface area contributed by atoms with Gasteiger partial charge in [0, 0.05) is 32.7 Å². The molecule has 4 heterocycles. The molecule has 8 nitrogen and oxygen atoms in total. The molecule has 5 rings (SSSR count). The minimum atomic E-state index is -3.62. The zero-order valence-electron chi connectivity index (χ0n) is 19.4. The largest absolute Gasteiger partial charge is 0.358 e. The van der Waals surface area contributed by atoms with Crippen LogP contribution in [0, 0.1) is 5.92 Å². The molecule has 0 bridgehead atoms. The Balaban J connectivity index is 1.49. The molecule has 9 heteroatoms. The van der Waals surface area contributed by atoms with E-state index in [1.807, 2.05) is 11.0 Å². The molecule has 0 aromatic heterocycles. The van der Waals surface area contributed by atoms with E-state index < -0.39 is 10.0 Å². The lowest BCUT2D eigenvalue weighted by molar-refractivity contribution is -0.133. The molecule has 1 atom stereocenters. The number of sulfonamides is 1. The zero-order valence-corrected chi connectivity index (χ0v) is 20.2. The predicted octanol–water partition coefficient (Wildman–Crippen LogP) is 2.44. The molecule has 1 aromatic rings. The van der Waals surface area contributed by atoms with Gasteiger partial charge in [-0.15, -0.1) is 0 Å². The summed E-state index contributed by atoms with van der Waals surface area (Å²) in [6, 6.07) is 4.85. The number of likely N-dealkylation sites (tertiary alicyclic amines) is 1. The van der Waals surface area contributed by atoms with E-state index in [2.05, 4.69) is 11.8 Å². The molecule has 0 aliphatic carbocycles. The van der Waals surface area contributed by atoms with Gasteiger partial charge in [-0.25, -0.2) is 8.42 Å². The van der Waals surface area contributed by atoms with Crippen LogP contribution in [0.25, 0.3) is 0 Å². The second-order valence-corrected chi connectivity index (χ2v) is 11.9. The lowest BCUT2D eigenvalue weighted by Gasteiger charge is -2.45. The molecule has 33 heavy (non-hydrogen) atoms. The third kappa shape index (κ3) is 4.14. The van der Waals surface area contributed by atoms with Gasteiger partial charge in [-0.1, -0.05) is 6.92 Å². The van der Waals surface area contributed by atoms with Gasteiger partial charge < -0.3 is 9.80 Å². The lowest BCUT2D eigenvalue weighted by Crippen LogP contribution is -2.57. The van der Waals surface area contributed by atoms with Crippen LogP contribution in [0.3, 0.4) is 0 Å². The third-order valence-electron chi connectivity index (χ3n) is 7.73. The van der Waals surface area contributed by atoms with Gasteiger partial charge in [-0.05, 0) is 69.1 Å². The van der Waals surface area contributed by atoms with Gasteiger partial charge in [0.2, 0.25) is 21.8 Å². The third-order valence-corrected chi connectivity index (χ3v) is 9.63. The summed E-state index contributed by atoms with van der Waals surface area (Å²) >= 11 is 0. The quantitative estimate of drug-likeness (QED) is 0.670. The van der Waals surface area contributed by atoms with Crippen molar-refractivity contribution in [1.29, 1.82) is 0 Å². The maximum atomic E-state index is 13.6. The Morgan fingerprint density at radius 1 is 0.939 bits per heavy atom. The van der Waals surface area contributed by atoms with Gasteiger partial charge in [-0.3, -0.25) is 14.5 Å². The van der Waals surface area contributed by atoms with Gasteiger partial charge in [0.15, 0.2) is 0 Å². The number of fused-ring (bicyclic) bond motifs is 3. The van der Waals surface area contributed by atoms with Crippen LogP contribution in [-0.4, -0.2) is 74.7 Å². The summed E-state index contributed by atoms with van der Waals surface area (Å²) in [5, 5.41) is 0. The second-order valence-electron chi connectivity index (χ2n) is 9.95. The summed E-state index contributed by atoms with van der Waals surface area (Å²) in [4.78, 5) is 32.5. The van der Waals surface area contributed by atoms with Gasteiger partial charge in [0.05, 0.1) is 16.3 Å². The predicted molar refractivity (Wildman–Crippen MR) is 127 cm³/mol. The number of carbonyl (C=O) groups is 2. The molecule has 2 amide bonds. The second kappa shape index (κ2) is 8.91. The number of amides is 2. The molecule has 4 aliphatic heterocycles. The highest BCUT2D eigenvalue weighted by Gasteiger charge is 2.41. The van der Waals surface area contributed by atoms with Crippen molar-refractivity contribution in [1.82, 2.24) is 9.21 Å². The maximum absolute atomic E-state index is 13.6. The van der Waals surface area contributed by atoms with E-state index in [1.54, 1.807) is 17.0 Å². The monoisotopic (exact) mass is 474 g/mol. The first kappa shape index (κ1) is 22.7. The highest BCUT2D eigenvalue weighted by Crippen LogP contribution is 2.41. The van der Waals surface area contributed by atoms with E-state index in [-0.39, 0.29) is 29.3 Å². The molecular formula is C24H34N4O4S. The van der Waals surface area contributed by atoms with E-state index in [4.69, 9.17) is 0 Å². The number of carbonyl (C=O) groups excluding carboxylic acids is 2. The molecule has 3 saturated heterocycles. The van der Waals surface area contributed by atoms with E-state index in [0.29, 0.717) is 37.8 Å². The highest BCUT2D eigenvalue weighted by atomic mass is 32.2. The van der Waals surface area contributed by atoms with Crippen LogP contribution >= 0.6 is 0 Å². The Morgan fingerprint density at radius 2 is 1.64 bits per heavy atom. The SMILES string of the molecule is CC1CCN(C(=O)CN2C(=O)C3CCCCN3c3ccc(S(=O)(=O)N4CCCC4)cc32)CC1. The number of piperidine rings is 2. The normalized spacial score (nSPS) is 24.7. The van der Waals surface area contributed by atoms with Gasteiger partial charge in [-0.2, -0.15) is 4.31 Å². The number of nitrogens with zero attached hydrogens (tertiary/aromatic N) is 4. The fourth-order valence-corrected chi connectivity index (χ4v) is 7.17. The lowest BCUT2D eigenvalue weighted by atomic mass is 9.96. The van der Waals surface area contributed by atoms with Crippen molar-refractivity contribution in [2.24, 2.45) is 5.92 Å². The number of benzene rings is 1. The molecular weight excluding hydrogens is 440 g/mol. The minimum Gasteiger partial charge on any atom is -0.358 e. The molecule has 1 aromatic carbocycles. The van der Waals surface area contributed by atoms with Crippen molar-refractivity contribution < 1.29 is 18.0 Å². The van der Waals surface area contributed by atoms with Gasteiger partial charge in [0.25, 0.3) is 0 Å². The fraction of sp³-hybridized carbons (Fsp3) is 0.667. The van der Waals surface area contributed by atoms with Crippen molar-refractivity contribution >= 4 is 33.2 Å². The zero-order chi connectivity index (χ0) is 23.2. The first-order chi connectivity index (χ1) is 15.9. The van der Waals surface area contributed by atoms with E-state index in [0.717, 1.165) is 57.2 Å². The van der Waals surface area contributed by atoms with Crippen molar-refractivity contribution in [2.45, 2.75) is 62.8 Å². The Hall–Kier alpha value is -2.13. The molecule has 4 aliphatic rings. The molecule has 0 spiro atoms. The van der Waals surface area contributed by atoms with E-state index >= 15 is 0 Å². The minimum absolute atomic E-state index is 0.0300. The van der Waals surface area contributed by atoms with E-state index in [1.165, 1.54) is 4.31 Å². The number of hydrogen-bond acceptors (Lipinski definition) is 5. The van der Waals surface area contributed by atoms with Crippen LogP contribution in [-0.2, 0) is 19.6 Å². The Labute approximate surface area is 196 Å². The molecule has 0 saturated carbocycles. The summed E-state index contributed by atoms with van der Waals surface area (Å²) in [7, 11) is -3.62. The summed E-state index contributed by atoms with van der Waals surface area (Å²) < 4.78 is 28.0. The Bertz CT molecular complexity index is 1030.